The molecule has 0 aliphatic carbocycles. The van der Waals surface area contributed by atoms with Gasteiger partial charge >= 0.3 is 0 Å². The first-order chi connectivity index (χ1) is 8.58. The Kier molecular flexibility index (Phi) is 6.09. The summed E-state index contributed by atoms with van der Waals surface area (Å²) in [5, 5.41) is 0. The maximum atomic E-state index is 12.3. The fraction of sp³-hybridized carbons (Fsp3) is 0.929. The van der Waals surface area contributed by atoms with E-state index in [0.717, 1.165) is 38.8 Å². The number of nitrogens with zero attached hydrogens (tertiary/aromatic N) is 1. The third-order valence-electron chi connectivity index (χ3n) is 4.10. The molecule has 1 aliphatic heterocycles. The van der Waals surface area contributed by atoms with Crippen molar-refractivity contribution in [2.75, 3.05) is 19.6 Å². The predicted molar refractivity (Wildman–Crippen MR) is 73.3 cm³/mol. The predicted octanol–water partition coefficient (Wildman–Crippen LogP) is 1.92. The highest BCUT2D eigenvalue weighted by Gasteiger charge is 2.32. The zero-order valence-electron chi connectivity index (χ0n) is 12.1. The Morgan fingerprint density at radius 1 is 1.28 bits per heavy atom. The molecule has 1 atom stereocenters. The Hall–Kier alpha value is -0.610. The first-order valence-electron chi connectivity index (χ1n) is 7.25. The highest BCUT2D eigenvalue weighted by molar-refractivity contribution is 5.80. The summed E-state index contributed by atoms with van der Waals surface area (Å²) in [5.41, 5.74) is 5.46. The summed E-state index contributed by atoms with van der Waals surface area (Å²) in [4.78, 5) is 14.2. The van der Waals surface area contributed by atoms with Gasteiger partial charge in [-0.2, -0.15) is 0 Å². The van der Waals surface area contributed by atoms with Gasteiger partial charge in [0.05, 0.1) is 5.60 Å². The molecule has 4 nitrogen and oxygen atoms in total. The highest BCUT2D eigenvalue weighted by Crippen LogP contribution is 2.22. The standard InChI is InChI=1S/C14H28N2O2/c1-4-14(5-2,11-15)18-12(3)13(17)16-9-7-6-8-10-16/h12H,4-11,15H2,1-3H3. The minimum Gasteiger partial charge on any atom is -0.361 e. The fourth-order valence-corrected chi connectivity index (χ4v) is 2.55. The summed E-state index contributed by atoms with van der Waals surface area (Å²) < 4.78 is 5.98. The molecule has 1 saturated heterocycles. The molecular weight excluding hydrogens is 228 g/mol. The molecule has 0 aromatic carbocycles. The van der Waals surface area contributed by atoms with Crippen LogP contribution in [0.4, 0.5) is 0 Å². The van der Waals surface area contributed by atoms with Crippen molar-refractivity contribution in [1.29, 1.82) is 0 Å². The Balaban J connectivity index is 2.57. The van der Waals surface area contributed by atoms with E-state index >= 15 is 0 Å². The zero-order chi connectivity index (χ0) is 13.6. The summed E-state index contributed by atoms with van der Waals surface area (Å²) >= 11 is 0. The number of nitrogens with two attached hydrogens (primary N) is 1. The highest BCUT2D eigenvalue weighted by atomic mass is 16.5. The molecule has 4 heteroatoms. The van der Waals surface area contributed by atoms with Gasteiger partial charge in [0, 0.05) is 19.6 Å². The third-order valence-corrected chi connectivity index (χ3v) is 4.10. The number of hydrogen-bond acceptors (Lipinski definition) is 3. The van der Waals surface area contributed by atoms with Gasteiger partial charge in [0.1, 0.15) is 6.10 Å². The van der Waals surface area contributed by atoms with Gasteiger partial charge in [-0.3, -0.25) is 4.79 Å². The summed E-state index contributed by atoms with van der Waals surface area (Å²) in [6.07, 6.45) is 4.77. The molecule has 106 valence electrons. The summed E-state index contributed by atoms with van der Waals surface area (Å²) in [6.45, 7) is 8.20. The van der Waals surface area contributed by atoms with E-state index < -0.39 is 0 Å². The van der Waals surface area contributed by atoms with Gasteiger partial charge in [-0.1, -0.05) is 13.8 Å². The minimum absolute atomic E-state index is 0.120. The lowest BCUT2D eigenvalue weighted by molar-refractivity contribution is -0.156. The quantitative estimate of drug-likeness (QED) is 0.790. The zero-order valence-corrected chi connectivity index (χ0v) is 12.1. The second-order valence-electron chi connectivity index (χ2n) is 5.24. The molecule has 0 aromatic heterocycles. The molecule has 1 aliphatic rings. The van der Waals surface area contributed by atoms with Gasteiger partial charge in [0.15, 0.2) is 0 Å². The van der Waals surface area contributed by atoms with E-state index in [2.05, 4.69) is 13.8 Å². The number of carbonyl (C=O) groups is 1. The number of ether oxygens (including phenoxy) is 1. The van der Waals surface area contributed by atoms with Crippen LogP contribution in [0, 0.1) is 0 Å². The van der Waals surface area contributed by atoms with Crippen LogP contribution in [0.3, 0.4) is 0 Å². The lowest BCUT2D eigenvalue weighted by Gasteiger charge is -2.36. The molecule has 0 aromatic rings. The van der Waals surface area contributed by atoms with E-state index in [1.165, 1.54) is 6.42 Å². The van der Waals surface area contributed by atoms with Crippen molar-refractivity contribution in [3.8, 4) is 0 Å². The van der Waals surface area contributed by atoms with E-state index in [-0.39, 0.29) is 17.6 Å². The van der Waals surface area contributed by atoms with Gasteiger partial charge in [0.25, 0.3) is 5.91 Å². The Labute approximate surface area is 111 Å². The first-order valence-corrected chi connectivity index (χ1v) is 7.25. The van der Waals surface area contributed by atoms with E-state index in [1.807, 2.05) is 11.8 Å². The third kappa shape index (κ3) is 3.69. The second kappa shape index (κ2) is 7.10. The van der Waals surface area contributed by atoms with Crippen LogP contribution in [-0.4, -0.2) is 42.1 Å². The Morgan fingerprint density at radius 2 is 1.83 bits per heavy atom. The van der Waals surface area contributed by atoms with Crippen LogP contribution in [-0.2, 0) is 9.53 Å². The van der Waals surface area contributed by atoms with Crippen LogP contribution in [0.25, 0.3) is 0 Å². The van der Waals surface area contributed by atoms with Crippen LogP contribution < -0.4 is 5.73 Å². The van der Waals surface area contributed by atoms with Crippen LogP contribution in [0.2, 0.25) is 0 Å². The minimum atomic E-state index is -0.383. The first kappa shape index (κ1) is 15.4. The average molecular weight is 256 g/mol. The summed E-state index contributed by atoms with van der Waals surface area (Å²) in [6, 6.07) is 0. The van der Waals surface area contributed by atoms with E-state index in [4.69, 9.17) is 10.5 Å². The van der Waals surface area contributed by atoms with E-state index in [0.29, 0.717) is 6.54 Å². The van der Waals surface area contributed by atoms with Gasteiger partial charge in [-0.25, -0.2) is 0 Å². The van der Waals surface area contributed by atoms with Crippen molar-refractivity contribution in [2.24, 2.45) is 5.73 Å². The maximum absolute atomic E-state index is 12.3. The molecule has 1 heterocycles. The van der Waals surface area contributed by atoms with Gasteiger partial charge in [-0.15, -0.1) is 0 Å². The SMILES string of the molecule is CCC(CC)(CN)OC(C)C(=O)N1CCCCC1. The number of likely N-dealkylation sites (tertiary alicyclic amines) is 1. The molecule has 1 unspecified atom stereocenters. The van der Waals surface area contributed by atoms with Gasteiger partial charge < -0.3 is 15.4 Å². The van der Waals surface area contributed by atoms with Crippen molar-refractivity contribution in [3.63, 3.8) is 0 Å². The monoisotopic (exact) mass is 256 g/mol. The smallest absolute Gasteiger partial charge is 0.251 e. The lowest BCUT2D eigenvalue weighted by atomic mass is 9.97. The number of carbonyl (C=O) groups excluding carboxylic acids is 1. The lowest BCUT2D eigenvalue weighted by Crippen LogP contribution is -2.48. The molecule has 2 N–H and O–H groups in total. The number of rotatable bonds is 6. The maximum Gasteiger partial charge on any atom is 0.251 e. The molecule has 1 amide bonds. The molecule has 0 spiro atoms. The van der Waals surface area contributed by atoms with E-state index in [1.54, 1.807) is 0 Å². The fourth-order valence-electron chi connectivity index (χ4n) is 2.55. The molecule has 0 saturated carbocycles. The van der Waals surface area contributed by atoms with Crippen LogP contribution in [0.1, 0.15) is 52.9 Å². The molecule has 0 radical (unpaired) electrons. The number of amides is 1. The van der Waals surface area contributed by atoms with Crippen molar-refractivity contribution < 1.29 is 9.53 Å². The normalized spacial score (nSPS) is 18.8. The molecule has 0 bridgehead atoms. The largest absolute Gasteiger partial charge is 0.361 e. The van der Waals surface area contributed by atoms with Crippen LogP contribution in [0.15, 0.2) is 0 Å². The second-order valence-corrected chi connectivity index (χ2v) is 5.24. The van der Waals surface area contributed by atoms with Crippen molar-refractivity contribution in [3.05, 3.63) is 0 Å². The Morgan fingerprint density at radius 3 is 2.28 bits per heavy atom. The molecule has 1 rings (SSSR count). The van der Waals surface area contributed by atoms with Crippen molar-refractivity contribution in [2.45, 2.75) is 64.6 Å². The number of hydrogen-bond donors (Lipinski definition) is 1. The Bertz CT molecular complexity index is 250. The number of piperidine rings is 1. The van der Waals surface area contributed by atoms with Gasteiger partial charge in [-0.05, 0) is 39.0 Å². The van der Waals surface area contributed by atoms with Crippen molar-refractivity contribution >= 4 is 5.91 Å². The molecular formula is C14H28N2O2. The topological polar surface area (TPSA) is 55.6 Å². The van der Waals surface area contributed by atoms with Crippen LogP contribution in [0.5, 0.6) is 0 Å². The molecule has 18 heavy (non-hydrogen) atoms. The summed E-state index contributed by atoms with van der Waals surface area (Å²) in [5.74, 6) is 0.120. The van der Waals surface area contributed by atoms with Crippen molar-refractivity contribution in [1.82, 2.24) is 4.90 Å². The average Bonchev–Trinajstić information content (AvgIpc) is 2.45. The van der Waals surface area contributed by atoms with Gasteiger partial charge in [0.2, 0.25) is 0 Å². The van der Waals surface area contributed by atoms with Crippen LogP contribution >= 0.6 is 0 Å². The van der Waals surface area contributed by atoms with E-state index in [9.17, 15) is 4.79 Å². The molecule has 1 fully saturated rings. The summed E-state index contributed by atoms with van der Waals surface area (Å²) in [7, 11) is 0.